The first kappa shape index (κ1) is 23.5. The minimum absolute atomic E-state index is 0.0384. The van der Waals surface area contributed by atoms with Crippen molar-refractivity contribution in [2.45, 2.75) is 58.3 Å². The second-order valence-corrected chi connectivity index (χ2v) is 9.42. The molecular weight excluding hydrogens is 410 g/mol. The van der Waals surface area contributed by atoms with Crippen molar-refractivity contribution in [2.75, 3.05) is 26.2 Å². The predicted molar refractivity (Wildman–Crippen MR) is 135 cm³/mol. The van der Waals surface area contributed by atoms with Crippen LogP contribution >= 0.6 is 0 Å². The number of allylic oxidation sites excluding steroid dienone is 1. The van der Waals surface area contributed by atoms with E-state index in [-0.39, 0.29) is 11.5 Å². The average molecular weight is 448 g/mol. The number of rotatable bonds is 10. The molecule has 1 aromatic heterocycles. The fourth-order valence-electron chi connectivity index (χ4n) is 4.83. The maximum Gasteiger partial charge on any atom is 0.251 e. The molecule has 1 heterocycles. The SMILES string of the molecule is CCN(CC)CCNC(=O)c1ccc(/C(=C\C2CCCC2)c2ccc(C3CC3)c(=O)[nH]2)cc1. The summed E-state index contributed by atoms with van der Waals surface area (Å²) < 4.78 is 0. The molecule has 0 radical (unpaired) electrons. The van der Waals surface area contributed by atoms with E-state index in [1.807, 2.05) is 30.3 Å². The van der Waals surface area contributed by atoms with Gasteiger partial charge in [0.25, 0.3) is 11.5 Å². The molecule has 2 saturated carbocycles. The first-order chi connectivity index (χ1) is 16.1. The van der Waals surface area contributed by atoms with E-state index in [2.05, 4.69) is 41.2 Å². The Morgan fingerprint density at radius 2 is 1.67 bits per heavy atom. The van der Waals surface area contributed by atoms with Crippen LogP contribution in [0.1, 0.15) is 85.5 Å². The second kappa shape index (κ2) is 11.0. The molecule has 2 N–H and O–H groups in total. The van der Waals surface area contributed by atoms with Crippen LogP contribution in [0.15, 0.2) is 47.3 Å². The van der Waals surface area contributed by atoms with Gasteiger partial charge in [-0.25, -0.2) is 0 Å². The molecule has 0 bridgehead atoms. The predicted octanol–water partition coefficient (Wildman–Crippen LogP) is 4.95. The molecule has 33 heavy (non-hydrogen) atoms. The van der Waals surface area contributed by atoms with E-state index in [9.17, 15) is 9.59 Å². The van der Waals surface area contributed by atoms with Gasteiger partial charge in [0.1, 0.15) is 0 Å². The van der Waals surface area contributed by atoms with E-state index in [0.29, 0.717) is 23.9 Å². The first-order valence-electron chi connectivity index (χ1n) is 12.7. The standard InChI is InChI=1S/C28H37N3O2/c1-3-31(4-2)18-17-29-27(32)23-13-11-22(12-14-23)25(19-20-7-5-6-8-20)26-16-15-24(21-9-10-21)28(33)30-26/h11-16,19-21H,3-10,17-18H2,1-2H3,(H,29,32)(H,30,33)/b25-19+. The molecule has 0 saturated heterocycles. The van der Waals surface area contributed by atoms with Crippen molar-refractivity contribution in [3.63, 3.8) is 0 Å². The fourth-order valence-corrected chi connectivity index (χ4v) is 4.83. The molecule has 0 unspecified atom stereocenters. The number of hydrogen-bond acceptors (Lipinski definition) is 3. The zero-order valence-electron chi connectivity index (χ0n) is 20.0. The zero-order valence-corrected chi connectivity index (χ0v) is 20.0. The highest BCUT2D eigenvalue weighted by atomic mass is 16.1. The lowest BCUT2D eigenvalue weighted by molar-refractivity contribution is 0.0949. The van der Waals surface area contributed by atoms with Crippen LogP contribution in [-0.2, 0) is 0 Å². The minimum atomic E-state index is -0.0442. The number of nitrogens with zero attached hydrogens (tertiary/aromatic N) is 1. The number of aromatic nitrogens is 1. The molecule has 0 spiro atoms. The van der Waals surface area contributed by atoms with Gasteiger partial charge in [0, 0.05) is 35.5 Å². The smallest absolute Gasteiger partial charge is 0.251 e. The maximum absolute atomic E-state index is 12.7. The second-order valence-electron chi connectivity index (χ2n) is 9.42. The van der Waals surface area contributed by atoms with Crippen molar-refractivity contribution in [3.05, 3.63) is 75.2 Å². The summed E-state index contributed by atoms with van der Waals surface area (Å²) in [5.41, 5.74) is 4.59. The van der Waals surface area contributed by atoms with Crippen LogP contribution in [0.2, 0.25) is 0 Å². The van der Waals surface area contributed by atoms with E-state index >= 15 is 0 Å². The number of aromatic amines is 1. The maximum atomic E-state index is 12.7. The molecule has 0 atom stereocenters. The van der Waals surface area contributed by atoms with Gasteiger partial charge in [-0.3, -0.25) is 9.59 Å². The third-order valence-electron chi connectivity index (χ3n) is 7.12. The Bertz CT molecular complexity index is 1020. The summed E-state index contributed by atoms with van der Waals surface area (Å²) in [4.78, 5) is 30.7. The Kier molecular flexibility index (Phi) is 7.81. The van der Waals surface area contributed by atoms with Gasteiger partial charge in [-0.05, 0) is 74.4 Å². The van der Waals surface area contributed by atoms with E-state index in [1.165, 1.54) is 25.7 Å². The highest BCUT2D eigenvalue weighted by Gasteiger charge is 2.26. The van der Waals surface area contributed by atoms with E-state index in [0.717, 1.165) is 54.9 Å². The van der Waals surface area contributed by atoms with E-state index in [4.69, 9.17) is 0 Å². The quantitative estimate of drug-likeness (QED) is 0.542. The highest BCUT2D eigenvalue weighted by Crippen LogP contribution is 2.38. The third-order valence-corrected chi connectivity index (χ3v) is 7.12. The van der Waals surface area contributed by atoms with Gasteiger partial charge < -0.3 is 15.2 Å². The van der Waals surface area contributed by atoms with Crippen molar-refractivity contribution >= 4 is 11.5 Å². The lowest BCUT2D eigenvalue weighted by Gasteiger charge is -2.18. The number of pyridine rings is 1. The molecule has 5 nitrogen and oxygen atoms in total. The van der Waals surface area contributed by atoms with Gasteiger partial charge in [-0.15, -0.1) is 0 Å². The number of benzene rings is 1. The molecule has 0 aliphatic heterocycles. The van der Waals surface area contributed by atoms with Crippen molar-refractivity contribution in [1.29, 1.82) is 0 Å². The summed E-state index contributed by atoms with van der Waals surface area (Å²) in [5.74, 6) is 0.927. The number of hydrogen-bond donors (Lipinski definition) is 2. The number of carbonyl (C=O) groups excluding carboxylic acids is 1. The van der Waals surface area contributed by atoms with Crippen LogP contribution in [0.4, 0.5) is 0 Å². The summed E-state index contributed by atoms with van der Waals surface area (Å²) in [5, 5.41) is 3.02. The number of H-pyrrole nitrogens is 1. The average Bonchev–Trinajstić information content (AvgIpc) is 3.55. The molecule has 1 amide bonds. The summed E-state index contributed by atoms with van der Waals surface area (Å²) in [6, 6.07) is 11.9. The van der Waals surface area contributed by atoms with Crippen molar-refractivity contribution in [3.8, 4) is 0 Å². The van der Waals surface area contributed by atoms with Crippen LogP contribution in [-0.4, -0.2) is 42.0 Å². The largest absolute Gasteiger partial charge is 0.351 e. The molecule has 176 valence electrons. The highest BCUT2D eigenvalue weighted by molar-refractivity contribution is 5.94. The molecule has 2 aliphatic carbocycles. The normalized spacial score (nSPS) is 17.0. The Balaban J connectivity index is 1.52. The van der Waals surface area contributed by atoms with Crippen molar-refractivity contribution in [2.24, 2.45) is 5.92 Å². The first-order valence-corrected chi connectivity index (χ1v) is 12.7. The summed E-state index contributed by atoms with van der Waals surface area (Å²) in [7, 11) is 0. The lowest BCUT2D eigenvalue weighted by Crippen LogP contribution is -2.34. The number of nitrogens with one attached hydrogen (secondary N) is 2. The molecule has 5 heteroatoms. The van der Waals surface area contributed by atoms with Crippen LogP contribution in [0.5, 0.6) is 0 Å². The van der Waals surface area contributed by atoms with Crippen LogP contribution in [0.3, 0.4) is 0 Å². The van der Waals surface area contributed by atoms with Crippen LogP contribution < -0.4 is 10.9 Å². The van der Waals surface area contributed by atoms with Crippen LogP contribution in [0, 0.1) is 5.92 Å². The number of likely N-dealkylation sites (N-methyl/N-ethyl adjacent to an activating group) is 1. The Morgan fingerprint density at radius 3 is 2.27 bits per heavy atom. The van der Waals surface area contributed by atoms with Crippen molar-refractivity contribution in [1.82, 2.24) is 15.2 Å². The monoisotopic (exact) mass is 447 g/mol. The molecular formula is C28H37N3O2. The topological polar surface area (TPSA) is 65.2 Å². The van der Waals surface area contributed by atoms with E-state index < -0.39 is 0 Å². The molecule has 2 aromatic rings. The fraction of sp³-hybridized carbons (Fsp3) is 0.500. The van der Waals surface area contributed by atoms with Gasteiger partial charge in [0.15, 0.2) is 0 Å². The minimum Gasteiger partial charge on any atom is -0.351 e. The number of amides is 1. The summed E-state index contributed by atoms with van der Waals surface area (Å²) >= 11 is 0. The Labute approximate surface area is 197 Å². The molecule has 4 rings (SSSR count). The summed E-state index contributed by atoms with van der Waals surface area (Å²) in [6.07, 6.45) is 9.48. The zero-order chi connectivity index (χ0) is 23.2. The number of carbonyl (C=O) groups is 1. The third kappa shape index (κ3) is 6.02. The lowest BCUT2D eigenvalue weighted by atomic mass is 9.95. The molecule has 1 aromatic carbocycles. The van der Waals surface area contributed by atoms with Crippen LogP contribution in [0.25, 0.3) is 5.57 Å². The Hall–Kier alpha value is -2.66. The van der Waals surface area contributed by atoms with Gasteiger partial charge >= 0.3 is 0 Å². The van der Waals surface area contributed by atoms with Gasteiger partial charge in [-0.2, -0.15) is 0 Å². The summed E-state index contributed by atoms with van der Waals surface area (Å²) in [6.45, 7) is 7.74. The van der Waals surface area contributed by atoms with E-state index in [1.54, 1.807) is 0 Å². The molecule has 2 aliphatic rings. The van der Waals surface area contributed by atoms with Gasteiger partial charge in [-0.1, -0.05) is 51.0 Å². The van der Waals surface area contributed by atoms with Gasteiger partial charge in [0.2, 0.25) is 0 Å². The van der Waals surface area contributed by atoms with Crippen molar-refractivity contribution < 1.29 is 4.79 Å². The Morgan fingerprint density at radius 1 is 1.00 bits per heavy atom. The molecule has 2 fully saturated rings. The van der Waals surface area contributed by atoms with Gasteiger partial charge in [0.05, 0.1) is 0 Å².